The van der Waals surface area contributed by atoms with E-state index in [9.17, 15) is 0 Å². The smallest absolute Gasteiger partial charge is 0.194 e. The van der Waals surface area contributed by atoms with E-state index >= 15 is 0 Å². The highest BCUT2D eigenvalue weighted by Gasteiger charge is 2.06. The maximum Gasteiger partial charge on any atom is 0.194 e. The van der Waals surface area contributed by atoms with Gasteiger partial charge in [-0.1, -0.05) is 11.1 Å². The molecule has 0 amide bonds. The zero-order valence-electron chi connectivity index (χ0n) is 9.30. The fourth-order valence-electron chi connectivity index (χ4n) is 1.15. The molecule has 0 atom stereocenters. The van der Waals surface area contributed by atoms with E-state index in [1.807, 2.05) is 18.0 Å². The first-order valence-corrected chi connectivity index (χ1v) is 4.52. The number of nitrogens with one attached hydrogen (secondary N) is 1. The summed E-state index contributed by atoms with van der Waals surface area (Å²) < 4.78 is 4.74. The van der Waals surface area contributed by atoms with Gasteiger partial charge < -0.3 is 14.7 Å². The lowest BCUT2D eigenvalue weighted by Crippen LogP contribution is -2.38. The Hall–Kier alpha value is -1.23. The molecule has 6 heteroatoms. The second kappa shape index (κ2) is 7.98. The lowest BCUT2D eigenvalue weighted by Gasteiger charge is -2.19. The van der Waals surface area contributed by atoms with Crippen LogP contribution in [0, 0.1) is 12.3 Å². The van der Waals surface area contributed by atoms with E-state index in [-0.39, 0.29) is 24.0 Å². The summed E-state index contributed by atoms with van der Waals surface area (Å²) in [4.78, 5) is 6.00. The predicted molar refractivity (Wildman–Crippen MR) is 73.6 cm³/mol. The molecule has 1 aromatic rings. The molecule has 0 aromatic carbocycles. The molecular formula is C10H15IN4O. The summed E-state index contributed by atoms with van der Waals surface area (Å²) in [5.74, 6) is 3.23. The van der Waals surface area contributed by atoms with Crippen LogP contribution in [0.25, 0.3) is 0 Å². The number of halogens is 1. The molecule has 0 radical (unpaired) electrons. The number of aliphatic imine (C=N–C) groups is 1. The molecule has 0 unspecified atom stereocenters. The van der Waals surface area contributed by atoms with E-state index in [2.05, 4.69) is 21.4 Å². The molecule has 0 fully saturated rings. The zero-order valence-corrected chi connectivity index (χ0v) is 11.6. The highest BCUT2D eigenvalue weighted by molar-refractivity contribution is 14.0. The molecule has 5 nitrogen and oxygen atoms in total. The monoisotopic (exact) mass is 334 g/mol. The molecule has 0 saturated heterocycles. The number of guanidine groups is 1. The van der Waals surface area contributed by atoms with E-state index in [1.165, 1.54) is 0 Å². The quantitative estimate of drug-likeness (QED) is 0.387. The Morgan fingerprint density at radius 2 is 2.50 bits per heavy atom. The van der Waals surface area contributed by atoms with Crippen LogP contribution in [-0.2, 0) is 6.54 Å². The molecule has 0 spiro atoms. The van der Waals surface area contributed by atoms with Crippen LogP contribution < -0.4 is 5.32 Å². The van der Waals surface area contributed by atoms with Crippen molar-refractivity contribution >= 4 is 29.9 Å². The Bertz CT molecular complexity index is 355. The van der Waals surface area contributed by atoms with Crippen molar-refractivity contribution in [2.24, 2.45) is 4.99 Å². The van der Waals surface area contributed by atoms with Crippen LogP contribution in [0.1, 0.15) is 5.69 Å². The van der Waals surface area contributed by atoms with Crippen LogP contribution in [0.5, 0.6) is 0 Å². The standard InChI is InChI=1S/C10H14N4O.HI/c1-4-6-12-10(11-2)14(3)8-9-5-7-15-13-9;/h1,5,7H,6,8H2,2-3H3,(H,11,12);1H. The second-order valence-corrected chi connectivity index (χ2v) is 2.95. The first-order valence-electron chi connectivity index (χ1n) is 4.52. The molecule has 1 aromatic heterocycles. The molecule has 1 rings (SSSR count). The van der Waals surface area contributed by atoms with Gasteiger partial charge in [-0.25, -0.2) is 0 Å². The van der Waals surface area contributed by atoms with Crippen LogP contribution in [0.2, 0.25) is 0 Å². The summed E-state index contributed by atoms with van der Waals surface area (Å²) in [5.41, 5.74) is 0.848. The minimum atomic E-state index is 0. The van der Waals surface area contributed by atoms with Gasteiger partial charge in [0, 0.05) is 20.2 Å². The Morgan fingerprint density at radius 1 is 1.75 bits per heavy atom. The van der Waals surface area contributed by atoms with Crippen LogP contribution in [0.15, 0.2) is 21.8 Å². The molecule has 0 aliphatic rings. The van der Waals surface area contributed by atoms with Crippen LogP contribution in [-0.4, -0.2) is 36.7 Å². The minimum absolute atomic E-state index is 0. The SMILES string of the molecule is C#CCNC(=NC)N(C)Cc1ccon1.I. The number of hydrogen-bond donors (Lipinski definition) is 1. The summed E-state index contributed by atoms with van der Waals surface area (Å²) in [5, 5.41) is 6.83. The van der Waals surface area contributed by atoms with Gasteiger partial charge in [-0.3, -0.25) is 4.99 Å². The Morgan fingerprint density at radius 3 is 3.00 bits per heavy atom. The van der Waals surface area contributed by atoms with Crippen molar-refractivity contribution in [1.29, 1.82) is 0 Å². The average Bonchev–Trinajstić information content (AvgIpc) is 2.71. The Balaban J connectivity index is 0.00000225. The van der Waals surface area contributed by atoms with Crippen molar-refractivity contribution in [2.75, 3.05) is 20.6 Å². The lowest BCUT2D eigenvalue weighted by molar-refractivity contribution is 0.391. The molecular weight excluding hydrogens is 319 g/mol. The Kier molecular flexibility index (Phi) is 7.37. The van der Waals surface area contributed by atoms with Crippen LogP contribution in [0.3, 0.4) is 0 Å². The van der Waals surface area contributed by atoms with Gasteiger partial charge in [0.05, 0.1) is 13.1 Å². The van der Waals surface area contributed by atoms with Gasteiger partial charge in [0.2, 0.25) is 0 Å². The Labute approximate surface area is 112 Å². The topological polar surface area (TPSA) is 53.7 Å². The normalized spacial score (nSPS) is 10.2. The van der Waals surface area contributed by atoms with Crippen molar-refractivity contribution in [2.45, 2.75) is 6.54 Å². The summed E-state index contributed by atoms with van der Waals surface area (Å²) >= 11 is 0. The summed E-state index contributed by atoms with van der Waals surface area (Å²) in [6, 6.07) is 1.81. The molecule has 1 heterocycles. The summed E-state index contributed by atoms with van der Waals surface area (Å²) in [6.45, 7) is 1.08. The third-order valence-electron chi connectivity index (χ3n) is 1.81. The fraction of sp³-hybridized carbons (Fsp3) is 0.400. The van der Waals surface area contributed by atoms with E-state index < -0.39 is 0 Å². The average molecular weight is 334 g/mol. The van der Waals surface area contributed by atoms with Gasteiger partial charge in [-0.2, -0.15) is 0 Å². The zero-order chi connectivity index (χ0) is 11.1. The van der Waals surface area contributed by atoms with E-state index in [0.29, 0.717) is 13.1 Å². The van der Waals surface area contributed by atoms with E-state index in [0.717, 1.165) is 11.7 Å². The lowest BCUT2D eigenvalue weighted by atomic mass is 10.4. The number of terminal acetylenes is 1. The van der Waals surface area contributed by atoms with Gasteiger partial charge >= 0.3 is 0 Å². The molecule has 16 heavy (non-hydrogen) atoms. The number of nitrogens with zero attached hydrogens (tertiary/aromatic N) is 3. The maximum absolute atomic E-state index is 5.15. The molecule has 1 N–H and O–H groups in total. The van der Waals surface area contributed by atoms with Gasteiger partial charge in [-0.15, -0.1) is 30.4 Å². The van der Waals surface area contributed by atoms with Crippen molar-refractivity contribution in [3.8, 4) is 12.3 Å². The highest BCUT2D eigenvalue weighted by Crippen LogP contribution is 1.99. The minimum Gasteiger partial charge on any atom is -0.364 e. The summed E-state index contributed by atoms with van der Waals surface area (Å²) in [7, 11) is 3.61. The third-order valence-corrected chi connectivity index (χ3v) is 1.81. The first-order chi connectivity index (χ1) is 7.27. The second-order valence-electron chi connectivity index (χ2n) is 2.95. The van der Waals surface area contributed by atoms with Crippen molar-refractivity contribution in [3.63, 3.8) is 0 Å². The van der Waals surface area contributed by atoms with Gasteiger partial charge in [-0.05, 0) is 0 Å². The van der Waals surface area contributed by atoms with Crippen LogP contribution in [0.4, 0.5) is 0 Å². The van der Waals surface area contributed by atoms with E-state index in [4.69, 9.17) is 10.9 Å². The van der Waals surface area contributed by atoms with Gasteiger partial charge in [0.15, 0.2) is 5.96 Å². The molecule has 88 valence electrons. The molecule has 0 saturated carbocycles. The number of rotatable bonds is 3. The highest BCUT2D eigenvalue weighted by atomic mass is 127. The third kappa shape index (κ3) is 4.53. The van der Waals surface area contributed by atoms with Gasteiger partial charge in [0.25, 0.3) is 0 Å². The van der Waals surface area contributed by atoms with Crippen molar-refractivity contribution < 1.29 is 4.52 Å². The molecule has 0 bridgehead atoms. The molecule has 0 aliphatic heterocycles. The maximum atomic E-state index is 5.15. The summed E-state index contributed by atoms with van der Waals surface area (Å²) in [6.07, 6.45) is 6.70. The first kappa shape index (κ1) is 14.8. The number of hydrogen-bond acceptors (Lipinski definition) is 3. The van der Waals surface area contributed by atoms with E-state index in [1.54, 1.807) is 13.3 Å². The molecule has 0 aliphatic carbocycles. The van der Waals surface area contributed by atoms with Crippen molar-refractivity contribution in [3.05, 3.63) is 18.0 Å². The fourth-order valence-corrected chi connectivity index (χ4v) is 1.15. The number of aromatic nitrogens is 1. The van der Waals surface area contributed by atoms with Crippen molar-refractivity contribution in [1.82, 2.24) is 15.4 Å². The predicted octanol–water partition coefficient (Wildman–Crippen LogP) is 0.933. The largest absolute Gasteiger partial charge is 0.364 e. The van der Waals surface area contributed by atoms with Crippen LogP contribution >= 0.6 is 24.0 Å². The van der Waals surface area contributed by atoms with Gasteiger partial charge in [0.1, 0.15) is 12.0 Å².